The Morgan fingerprint density at radius 2 is 2.20 bits per heavy atom. The zero-order valence-corrected chi connectivity index (χ0v) is 10.2. The van der Waals surface area contributed by atoms with Crippen molar-refractivity contribution in [2.75, 3.05) is 11.5 Å². The second-order valence-electron chi connectivity index (χ2n) is 3.74. The maximum absolute atomic E-state index is 5.77. The van der Waals surface area contributed by atoms with Gasteiger partial charge in [0.15, 0.2) is 0 Å². The van der Waals surface area contributed by atoms with Crippen LogP contribution in [0.4, 0.5) is 0 Å². The Morgan fingerprint density at radius 3 is 2.87 bits per heavy atom. The van der Waals surface area contributed by atoms with Gasteiger partial charge in [-0.1, -0.05) is 11.6 Å². The number of halogens is 1. The molecule has 1 aliphatic rings. The number of hydrogen-bond acceptors (Lipinski definition) is 3. The summed E-state index contributed by atoms with van der Waals surface area (Å²) in [6.45, 7) is 0.854. The van der Waals surface area contributed by atoms with Crippen LogP contribution in [-0.2, 0) is 6.54 Å². The Hall–Kier alpha value is -0.250. The van der Waals surface area contributed by atoms with Gasteiger partial charge in [0, 0.05) is 18.8 Å². The number of hydrogen-bond donors (Lipinski definition) is 1. The lowest BCUT2D eigenvalue weighted by molar-refractivity contribution is 0.478. The topological polar surface area (TPSA) is 24.9 Å². The van der Waals surface area contributed by atoms with E-state index in [9.17, 15) is 0 Å². The molecule has 1 saturated heterocycles. The fourth-order valence-electron chi connectivity index (χ4n) is 1.66. The van der Waals surface area contributed by atoms with E-state index in [1.54, 1.807) is 6.20 Å². The number of pyridine rings is 1. The van der Waals surface area contributed by atoms with Crippen LogP contribution >= 0.6 is 23.4 Å². The first kappa shape index (κ1) is 11.2. The molecule has 1 aromatic heterocycles. The van der Waals surface area contributed by atoms with Crippen molar-refractivity contribution in [3.8, 4) is 0 Å². The average molecular weight is 243 g/mol. The fourth-order valence-corrected chi connectivity index (χ4v) is 2.88. The summed E-state index contributed by atoms with van der Waals surface area (Å²) in [6, 6.07) is 4.54. The highest BCUT2D eigenvalue weighted by Crippen LogP contribution is 2.17. The molecule has 15 heavy (non-hydrogen) atoms. The van der Waals surface area contributed by atoms with Crippen molar-refractivity contribution in [1.29, 1.82) is 0 Å². The Labute approximate surface area is 99.8 Å². The SMILES string of the molecule is Clc1ccc(CNC2CCSCC2)nc1. The van der Waals surface area contributed by atoms with E-state index in [1.165, 1.54) is 24.3 Å². The monoisotopic (exact) mass is 242 g/mol. The van der Waals surface area contributed by atoms with Crippen LogP contribution in [-0.4, -0.2) is 22.5 Å². The van der Waals surface area contributed by atoms with E-state index in [0.29, 0.717) is 11.1 Å². The van der Waals surface area contributed by atoms with Gasteiger partial charge in [0.25, 0.3) is 0 Å². The number of rotatable bonds is 3. The molecule has 0 bridgehead atoms. The summed E-state index contributed by atoms with van der Waals surface area (Å²) in [6.07, 6.45) is 4.26. The molecule has 0 saturated carbocycles. The van der Waals surface area contributed by atoms with E-state index < -0.39 is 0 Å². The van der Waals surface area contributed by atoms with Crippen LogP contribution in [0, 0.1) is 0 Å². The summed E-state index contributed by atoms with van der Waals surface area (Å²) < 4.78 is 0. The number of nitrogens with zero attached hydrogens (tertiary/aromatic N) is 1. The third-order valence-corrected chi connectivity index (χ3v) is 3.85. The molecule has 1 aliphatic heterocycles. The van der Waals surface area contributed by atoms with Gasteiger partial charge in [0.2, 0.25) is 0 Å². The minimum Gasteiger partial charge on any atom is -0.308 e. The number of thioether (sulfide) groups is 1. The first-order valence-corrected chi connectivity index (χ1v) is 6.79. The summed E-state index contributed by atoms with van der Waals surface area (Å²) in [5.41, 5.74) is 1.07. The van der Waals surface area contributed by atoms with Crippen molar-refractivity contribution in [3.63, 3.8) is 0 Å². The van der Waals surface area contributed by atoms with E-state index in [0.717, 1.165) is 12.2 Å². The molecule has 0 amide bonds. The Kier molecular flexibility index (Phi) is 4.29. The summed E-state index contributed by atoms with van der Waals surface area (Å²) in [7, 11) is 0. The second-order valence-corrected chi connectivity index (χ2v) is 5.40. The van der Waals surface area contributed by atoms with Crippen molar-refractivity contribution in [2.24, 2.45) is 0 Å². The van der Waals surface area contributed by atoms with Crippen molar-refractivity contribution >= 4 is 23.4 Å². The third-order valence-electron chi connectivity index (χ3n) is 2.58. The van der Waals surface area contributed by atoms with Gasteiger partial charge < -0.3 is 5.32 Å². The average Bonchev–Trinajstić information content (AvgIpc) is 2.30. The van der Waals surface area contributed by atoms with Crippen LogP contribution < -0.4 is 5.32 Å². The molecule has 2 nitrogen and oxygen atoms in total. The minimum absolute atomic E-state index is 0.670. The molecule has 1 fully saturated rings. The van der Waals surface area contributed by atoms with E-state index in [4.69, 9.17) is 11.6 Å². The Morgan fingerprint density at radius 1 is 1.40 bits per heavy atom. The molecule has 0 radical (unpaired) electrons. The lowest BCUT2D eigenvalue weighted by Gasteiger charge is -2.22. The predicted octanol–water partition coefficient (Wildman–Crippen LogP) is 2.72. The van der Waals surface area contributed by atoms with Gasteiger partial charge in [-0.25, -0.2) is 0 Å². The highest BCUT2D eigenvalue weighted by Gasteiger charge is 2.12. The quantitative estimate of drug-likeness (QED) is 0.882. The molecule has 1 N–H and O–H groups in total. The molecular formula is C11H15ClN2S. The molecular weight excluding hydrogens is 228 g/mol. The van der Waals surface area contributed by atoms with Crippen molar-refractivity contribution < 1.29 is 0 Å². The van der Waals surface area contributed by atoms with Crippen LogP contribution in [0.5, 0.6) is 0 Å². The van der Waals surface area contributed by atoms with E-state index in [-0.39, 0.29) is 0 Å². The molecule has 0 unspecified atom stereocenters. The normalized spacial score (nSPS) is 17.9. The maximum Gasteiger partial charge on any atom is 0.0589 e. The molecule has 0 spiro atoms. The van der Waals surface area contributed by atoms with Crippen LogP contribution in [0.1, 0.15) is 18.5 Å². The molecule has 0 aliphatic carbocycles. The first-order valence-electron chi connectivity index (χ1n) is 5.26. The smallest absolute Gasteiger partial charge is 0.0589 e. The van der Waals surface area contributed by atoms with Gasteiger partial charge in [-0.05, 0) is 36.5 Å². The minimum atomic E-state index is 0.670. The Balaban J connectivity index is 1.79. The van der Waals surface area contributed by atoms with Gasteiger partial charge in [-0.2, -0.15) is 11.8 Å². The lowest BCUT2D eigenvalue weighted by Crippen LogP contribution is -2.32. The summed E-state index contributed by atoms with van der Waals surface area (Å²) in [4.78, 5) is 4.26. The highest BCUT2D eigenvalue weighted by molar-refractivity contribution is 7.99. The van der Waals surface area contributed by atoms with Crippen LogP contribution in [0.2, 0.25) is 5.02 Å². The molecule has 2 rings (SSSR count). The third kappa shape index (κ3) is 3.67. The molecule has 2 heterocycles. The van der Waals surface area contributed by atoms with Crippen LogP contribution in [0.25, 0.3) is 0 Å². The van der Waals surface area contributed by atoms with Crippen molar-refractivity contribution in [3.05, 3.63) is 29.0 Å². The fraction of sp³-hybridized carbons (Fsp3) is 0.545. The van der Waals surface area contributed by atoms with Gasteiger partial charge in [0.1, 0.15) is 0 Å². The van der Waals surface area contributed by atoms with Crippen LogP contribution in [0.15, 0.2) is 18.3 Å². The summed E-state index contributed by atoms with van der Waals surface area (Å²) in [5.74, 6) is 2.57. The van der Waals surface area contributed by atoms with Gasteiger partial charge in [-0.15, -0.1) is 0 Å². The molecule has 82 valence electrons. The highest BCUT2D eigenvalue weighted by atomic mass is 35.5. The predicted molar refractivity (Wildman–Crippen MR) is 66.4 cm³/mol. The molecule has 1 aromatic rings. The van der Waals surface area contributed by atoms with Crippen molar-refractivity contribution in [1.82, 2.24) is 10.3 Å². The largest absolute Gasteiger partial charge is 0.308 e. The zero-order valence-electron chi connectivity index (χ0n) is 8.58. The zero-order chi connectivity index (χ0) is 10.5. The number of nitrogens with one attached hydrogen (secondary N) is 1. The number of aromatic nitrogens is 1. The maximum atomic E-state index is 5.77. The second kappa shape index (κ2) is 5.73. The summed E-state index contributed by atoms with van der Waals surface area (Å²) >= 11 is 7.82. The first-order chi connectivity index (χ1) is 7.34. The van der Waals surface area contributed by atoms with Gasteiger partial charge >= 0.3 is 0 Å². The lowest BCUT2D eigenvalue weighted by atomic mass is 10.1. The van der Waals surface area contributed by atoms with Crippen LogP contribution in [0.3, 0.4) is 0 Å². The standard InChI is InChI=1S/C11H15ClN2S/c12-9-1-2-11(13-7-9)8-14-10-3-5-15-6-4-10/h1-2,7,10,14H,3-6,8H2. The van der Waals surface area contributed by atoms with Crippen molar-refractivity contribution in [2.45, 2.75) is 25.4 Å². The van der Waals surface area contributed by atoms with E-state index in [2.05, 4.69) is 10.3 Å². The Bertz CT molecular complexity index is 296. The molecule has 0 atom stereocenters. The van der Waals surface area contributed by atoms with Gasteiger partial charge in [-0.3, -0.25) is 4.98 Å². The molecule has 4 heteroatoms. The summed E-state index contributed by atoms with van der Waals surface area (Å²) in [5, 5.41) is 4.24. The van der Waals surface area contributed by atoms with E-state index >= 15 is 0 Å². The molecule has 0 aromatic carbocycles. The van der Waals surface area contributed by atoms with E-state index in [1.807, 2.05) is 23.9 Å². The van der Waals surface area contributed by atoms with Gasteiger partial charge in [0.05, 0.1) is 10.7 Å².